The number of ether oxygens (including phenoxy) is 1. The van der Waals surface area contributed by atoms with Crippen LogP contribution in [0.4, 0.5) is 5.69 Å². The Morgan fingerprint density at radius 2 is 1.84 bits per heavy atom. The second kappa shape index (κ2) is 8.22. The number of methoxy groups -OCH3 is 1. The maximum absolute atomic E-state index is 11.6. The first kappa shape index (κ1) is 21.7. The number of nitrogens with two attached hydrogens (primary N) is 2. The SMILES string of the molecule is COc1cc(C2C(C#N)=C(N)N(c3ccc(S(N)(=O)=O)cc3)C3=C2CCCC3)ccc1O. The molecule has 2 aliphatic rings. The van der Waals surface area contributed by atoms with Crippen LogP contribution in [0, 0.1) is 11.3 Å². The van der Waals surface area contributed by atoms with E-state index in [0.29, 0.717) is 22.8 Å². The largest absolute Gasteiger partial charge is 0.504 e. The lowest BCUT2D eigenvalue weighted by Crippen LogP contribution is -2.36. The molecule has 0 amide bonds. The van der Waals surface area contributed by atoms with Crippen LogP contribution in [0.25, 0.3) is 0 Å². The molecule has 0 saturated carbocycles. The van der Waals surface area contributed by atoms with Gasteiger partial charge in [0.25, 0.3) is 0 Å². The molecule has 0 bridgehead atoms. The van der Waals surface area contributed by atoms with Crippen LogP contribution in [0.5, 0.6) is 11.5 Å². The second-order valence-corrected chi connectivity index (χ2v) is 9.39. The number of hydrogen-bond donors (Lipinski definition) is 3. The predicted octanol–water partition coefficient (Wildman–Crippen LogP) is 3.17. The van der Waals surface area contributed by atoms with Gasteiger partial charge in [-0.25, -0.2) is 13.6 Å². The highest BCUT2D eigenvalue weighted by atomic mass is 32.2. The number of allylic oxidation sites excluding steroid dienone is 3. The van der Waals surface area contributed by atoms with Gasteiger partial charge in [0.15, 0.2) is 11.5 Å². The Labute approximate surface area is 187 Å². The average molecular weight is 453 g/mol. The lowest BCUT2D eigenvalue weighted by atomic mass is 9.76. The van der Waals surface area contributed by atoms with Gasteiger partial charge < -0.3 is 20.5 Å². The summed E-state index contributed by atoms with van der Waals surface area (Å²) in [5, 5.41) is 25.3. The van der Waals surface area contributed by atoms with E-state index in [-0.39, 0.29) is 16.6 Å². The molecular weight excluding hydrogens is 428 g/mol. The maximum atomic E-state index is 11.6. The molecule has 166 valence electrons. The number of nitrogens with zero attached hydrogens (tertiary/aromatic N) is 2. The molecule has 9 heteroatoms. The van der Waals surface area contributed by atoms with E-state index in [1.165, 1.54) is 19.2 Å². The summed E-state index contributed by atoms with van der Waals surface area (Å²) in [6, 6.07) is 13.5. The molecule has 5 N–H and O–H groups in total. The lowest BCUT2D eigenvalue weighted by Gasteiger charge is -2.40. The number of anilines is 1. The molecule has 32 heavy (non-hydrogen) atoms. The summed E-state index contributed by atoms with van der Waals surface area (Å²) < 4.78 is 28.5. The molecule has 1 unspecified atom stereocenters. The van der Waals surface area contributed by atoms with Gasteiger partial charge in [-0.3, -0.25) is 0 Å². The number of benzene rings is 2. The van der Waals surface area contributed by atoms with Gasteiger partial charge in [0.05, 0.1) is 23.6 Å². The van der Waals surface area contributed by atoms with Crippen LogP contribution in [0.3, 0.4) is 0 Å². The zero-order chi connectivity index (χ0) is 23.0. The molecule has 0 aromatic heterocycles. The van der Waals surface area contributed by atoms with Crippen molar-refractivity contribution in [1.29, 1.82) is 5.26 Å². The standard InChI is InChI=1S/C23H24N4O4S/c1-31-21-12-14(6-11-20(21)28)22-17-4-2-3-5-19(17)27(23(25)18(22)13-24)15-7-9-16(10-8-15)32(26,29)30/h6-12,22,28H,2-5,25H2,1H3,(H2,26,29,30). The van der Waals surface area contributed by atoms with Crippen LogP contribution in [0.2, 0.25) is 0 Å². The number of nitriles is 1. The minimum Gasteiger partial charge on any atom is -0.504 e. The van der Waals surface area contributed by atoms with Crippen LogP contribution >= 0.6 is 0 Å². The van der Waals surface area contributed by atoms with E-state index in [9.17, 15) is 18.8 Å². The van der Waals surface area contributed by atoms with Gasteiger partial charge in [-0.2, -0.15) is 5.26 Å². The Kier molecular flexibility index (Phi) is 5.59. The quantitative estimate of drug-likeness (QED) is 0.646. The summed E-state index contributed by atoms with van der Waals surface area (Å²) in [5.74, 6) is 0.313. The summed E-state index contributed by atoms with van der Waals surface area (Å²) in [4.78, 5) is 1.85. The molecule has 4 rings (SSSR count). The van der Waals surface area contributed by atoms with Crippen molar-refractivity contribution < 1.29 is 18.3 Å². The first-order chi connectivity index (χ1) is 15.3. The summed E-state index contributed by atoms with van der Waals surface area (Å²) in [7, 11) is -2.34. The van der Waals surface area contributed by atoms with Gasteiger partial charge in [-0.1, -0.05) is 6.07 Å². The summed E-state index contributed by atoms with van der Waals surface area (Å²) in [6.45, 7) is 0. The number of hydrogen-bond acceptors (Lipinski definition) is 7. The minimum absolute atomic E-state index is 0.00762. The first-order valence-electron chi connectivity index (χ1n) is 10.2. The van der Waals surface area contributed by atoms with Gasteiger partial charge in [-0.15, -0.1) is 0 Å². The third kappa shape index (κ3) is 3.68. The van der Waals surface area contributed by atoms with Crippen LogP contribution in [0.15, 0.2) is 70.0 Å². The summed E-state index contributed by atoms with van der Waals surface area (Å²) in [5.41, 5.74) is 10.5. The van der Waals surface area contributed by atoms with Crippen molar-refractivity contribution in [3.05, 3.63) is 70.7 Å². The monoisotopic (exact) mass is 452 g/mol. The number of primary sulfonamides is 1. The van der Waals surface area contributed by atoms with E-state index in [4.69, 9.17) is 15.6 Å². The fourth-order valence-corrected chi connectivity index (χ4v) is 5.03. The molecule has 1 atom stereocenters. The van der Waals surface area contributed by atoms with Crippen molar-refractivity contribution in [3.8, 4) is 17.6 Å². The van der Waals surface area contributed by atoms with Crippen molar-refractivity contribution in [1.82, 2.24) is 0 Å². The number of aromatic hydroxyl groups is 1. The fourth-order valence-electron chi connectivity index (χ4n) is 4.51. The normalized spacial score (nSPS) is 18.9. The van der Waals surface area contributed by atoms with E-state index in [1.807, 2.05) is 4.90 Å². The minimum atomic E-state index is -3.82. The van der Waals surface area contributed by atoms with Gasteiger partial charge >= 0.3 is 0 Å². The van der Waals surface area contributed by atoms with Crippen molar-refractivity contribution in [2.45, 2.75) is 36.5 Å². The van der Waals surface area contributed by atoms with Crippen LogP contribution in [-0.2, 0) is 10.0 Å². The van der Waals surface area contributed by atoms with Crippen LogP contribution < -0.4 is 20.5 Å². The third-order valence-electron chi connectivity index (χ3n) is 5.99. The molecule has 2 aromatic rings. The van der Waals surface area contributed by atoms with Gasteiger partial charge in [0, 0.05) is 17.3 Å². The predicted molar refractivity (Wildman–Crippen MR) is 120 cm³/mol. The highest BCUT2D eigenvalue weighted by Crippen LogP contribution is 2.48. The molecule has 1 aliphatic carbocycles. The van der Waals surface area contributed by atoms with E-state index in [2.05, 4.69) is 6.07 Å². The van der Waals surface area contributed by atoms with Gasteiger partial charge in [0.1, 0.15) is 5.82 Å². The molecule has 8 nitrogen and oxygen atoms in total. The summed E-state index contributed by atoms with van der Waals surface area (Å²) in [6.07, 6.45) is 3.54. The van der Waals surface area contributed by atoms with Gasteiger partial charge in [0.2, 0.25) is 10.0 Å². The van der Waals surface area contributed by atoms with Crippen LogP contribution in [-0.4, -0.2) is 20.6 Å². The van der Waals surface area contributed by atoms with Crippen molar-refractivity contribution in [2.75, 3.05) is 12.0 Å². The second-order valence-electron chi connectivity index (χ2n) is 7.83. The van der Waals surface area contributed by atoms with Crippen LogP contribution in [0.1, 0.15) is 37.2 Å². The zero-order valence-electron chi connectivity index (χ0n) is 17.6. The topological polar surface area (TPSA) is 143 Å². The summed E-state index contributed by atoms with van der Waals surface area (Å²) >= 11 is 0. The van der Waals surface area contributed by atoms with E-state index in [1.54, 1.807) is 30.3 Å². The number of phenols is 1. The number of phenolic OH excluding ortho intramolecular Hbond substituents is 1. The van der Waals surface area contributed by atoms with Crippen molar-refractivity contribution >= 4 is 15.7 Å². The smallest absolute Gasteiger partial charge is 0.238 e. The Bertz CT molecular complexity index is 1270. The third-order valence-corrected chi connectivity index (χ3v) is 6.91. The Hall–Kier alpha value is -3.48. The highest BCUT2D eigenvalue weighted by Gasteiger charge is 2.37. The van der Waals surface area contributed by atoms with E-state index >= 15 is 0 Å². The molecule has 1 heterocycles. The molecular formula is C23H24N4O4S. The number of rotatable bonds is 4. The van der Waals surface area contributed by atoms with E-state index in [0.717, 1.165) is 42.5 Å². The molecule has 0 fully saturated rings. The molecule has 0 radical (unpaired) electrons. The number of sulfonamides is 1. The molecule has 1 aliphatic heterocycles. The van der Waals surface area contributed by atoms with Crippen molar-refractivity contribution in [2.24, 2.45) is 10.9 Å². The molecule has 0 spiro atoms. The molecule has 2 aromatic carbocycles. The van der Waals surface area contributed by atoms with E-state index < -0.39 is 10.0 Å². The lowest BCUT2D eigenvalue weighted by molar-refractivity contribution is 0.373. The Morgan fingerprint density at radius 3 is 2.47 bits per heavy atom. The zero-order valence-corrected chi connectivity index (χ0v) is 18.4. The molecule has 0 saturated heterocycles. The average Bonchev–Trinajstić information content (AvgIpc) is 2.78. The van der Waals surface area contributed by atoms with Gasteiger partial charge in [-0.05, 0) is 73.2 Å². The highest BCUT2D eigenvalue weighted by molar-refractivity contribution is 7.89. The Morgan fingerprint density at radius 1 is 1.16 bits per heavy atom. The fraction of sp³-hybridized carbons (Fsp3) is 0.261. The Balaban J connectivity index is 1.88. The maximum Gasteiger partial charge on any atom is 0.238 e. The van der Waals surface area contributed by atoms with Crippen molar-refractivity contribution in [3.63, 3.8) is 0 Å². The first-order valence-corrected chi connectivity index (χ1v) is 11.7.